The monoisotopic (exact) mass is 671 g/mol. The maximum Gasteiger partial charge on any atom is 0.268 e. The lowest BCUT2D eigenvalue weighted by Crippen LogP contribution is -2.30. The van der Waals surface area contributed by atoms with Crippen LogP contribution in [-0.4, -0.2) is 16.4 Å². The number of anilines is 1. The molecule has 0 radical (unpaired) electrons. The second-order valence-corrected chi connectivity index (χ2v) is 12.4. The van der Waals surface area contributed by atoms with Gasteiger partial charge in [-0.1, -0.05) is 135 Å². The minimum atomic E-state index is -0.360. The number of hydrogen-bond donors (Lipinski definition) is 0. The van der Waals surface area contributed by atoms with Crippen LogP contribution in [0.5, 0.6) is 0 Å². The van der Waals surface area contributed by atoms with E-state index in [4.69, 9.17) is 0 Å². The number of carbonyl (C=O) groups excluding carboxylic acids is 2. The van der Waals surface area contributed by atoms with Crippen LogP contribution in [0, 0.1) is 11.3 Å². The number of rotatable bonds is 5. The topological polar surface area (TPSA) is 66.1 Å². The van der Waals surface area contributed by atoms with Crippen molar-refractivity contribution in [2.45, 2.75) is 13.8 Å². The lowest BCUT2D eigenvalue weighted by Gasteiger charge is -2.23. The van der Waals surface area contributed by atoms with E-state index >= 15 is 0 Å². The zero-order valence-corrected chi connectivity index (χ0v) is 28.7. The van der Waals surface area contributed by atoms with Crippen LogP contribution in [0.3, 0.4) is 0 Å². The van der Waals surface area contributed by atoms with Crippen molar-refractivity contribution >= 4 is 39.3 Å². The number of carbonyl (C=O) groups is 2. The van der Waals surface area contributed by atoms with Crippen LogP contribution in [0.4, 0.5) is 5.69 Å². The second-order valence-electron chi connectivity index (χ2n) is 12.4. The van der Waals surface area contributed by atoms with Gasteiger partial charge in [0.15, 0.2) is 0 Å². The third kappa shape index (κ3) is 5.17. The molecule has 0 unspecified atom stereocenters. The Hall–Kier alpha value is -7.03. The number of para-hydroxylation sites is 2. The fourth-order valence-corrected chi connectivity index (χ4v) is 7.29. The zero-order valence-electron chi connectivity index (χ0n) is 28.7. The molecule has 0 N–H and O–H groups in total. The molecule has 5 heteroatoms. The SMILES string of the molecule is CC.N#Cc1ccc(-c2ccc3c(c2)c2ccccc2n3-c2cccc3c2C(=O)N(c2c(-c4ccccc4)cccc2-c2ccccc2)C3=O)cc1. The minimum absolute atomic E-state index is 0.351. The van der Waals surface area contributed by atoms with Gasteiger partial charge in [-0.3, -0.25) is 9.59 Å². The Morgan fingerprint density at radius 1 is 0.481 bits per heavy atom. The van der Waals surface area contributed by atoms with Crippen molar-refractivity contribution in [2.75, 3.05) is 4.90 Å². The summed E-state index contributed by atoms with van der Waals surface area (Å²) in [5.41, 5.74) is 9.88. The summed E-state index contributed by atoms with van der Waals surface area (Å²) >= 11 is 0. The third-order valence-electron chi connectivity index (χ3n) is 9.58. The van der Waals surface area contributed by atoms with Gasteiger partial charge in [0, 0.05) is 21.9 Å². The van der Waals surface area contributed by atoms with Gasteiger partial charge >= 0.3 is 0 Å². The molecule has 0 aliphatic carbocycles. The number of aromatic nitrogens is 1. The largest absolute Gasteiger partial charge is 0.308 e. The summed E-state index contributed by atoms with van der Waals surface area (Å²) in [6, 6.07) is 55.4. The first kappa shape index (κ1) is 32.2. The Bertz CT molecular complexity index is 2630. The second kappa shape index (κ2) is 13.4. The maximum absolute atomic E-state index is 14.9. The van der Waals surface area contributed by atoms with Crippen molar-refractivity contribution in [3.8, 4) is 45.1 Å². The van der Waals surface area contributed by atoms with E-state index in [9.17, 15) is 14.9 Å². The van der Waals surface area contributed by atoms with E-state index in [0.29, 0.717) is 28.1 Å². The molecule has 0 saturated carbocycles. The van der Waals surface area contributed by atoms with E-state index in [0.717, 1.165) is 55.2 Å². The van der Waals surface area contributed by atoms with Gasteiger partial charge in [0.2, 0.25) is 0 Å². The maximum atomic E-state index is 14.9. The lowest BCUT2D eigenvalue weighted by molar-refractivity contribution is 0.0926. The number of fused-ring (bicyclic) bond motifs is 4. The molecule has 2 amide bonds. The van der Waals surface area contributed by atoms with Crippen molar-refractivity contribution in [2.24, 2.45) is 0 Å². The van der Waals surface area contributed by atoms with Crippen molar-refractivity contribution in [3.63, 3.8) is 0 Å². The predicted octanol–water partition coefficient (Wildman–Crippen LogP) is 11.5. The average molecular weight is 672 g/mol. The molecule has 52 heavy (non-hydrogen) atoms. The Labute approximate surface area is 302 Å². The van der Waals surface area contributed by atoms with Crippen LogP contribution in [0.2, 0.25) is 0 Å². The van der Waals surface area contributed by atoms with Crippen molar-refractivity contribution in [1.29, 1.82) is 5.26 Å². The molecule has 0 atom stereocenters. The standard InChI is InChI=1S/C45H27N3O2.C2H6/c46-28-29-21-23-30(24-22-29)33-25-26-40-38(27-33)36-15-7-8-19-39(36)47(40)41-20-10-18-37-42(41)45(50)48(44(37)49)43-34(31-11-3-1-4-12-31)16-9-17-35(43)32-13-5-2-6-14-32;1-2/h1-27H;1-2H3. The van der Waals surface area contributed by atoms with Gasteiger partial charge < -0.3 is 4.57 Å². The number of amides is 2. The summed E-state index contributed by atoms with van der Waals surface area (Å²) in [4.78, 5) is 30.8. The van der Waals surface area contributed by atoms with Gasteiger partial charge in [0.05, 0.1) is 45.2 Å². The van der Waals surface area contributed by atoms with Gasteiger partial charge in [-0.15, -0.1) is 0 Å². The molecule has 5 nitrogen and oxygen atoms in total. The molecule has 9 rings (SSSR count). The minimum Gasteiger partial charge on any atom is -0.308 e. The van der Waals surface area contributed by atoms with Gasteiger partial charge in [-0.05, 0) is 64.7 Å². The molecule has 0 spiro atoms. The number of nitrogens with zero attached hydrogens (tertiary/aromatic N) is 3. The molecule has 1 aliphatic rings. The molecule has 7 aromatic carbocycles. The number of imide groups is 1. The fraction of sp³-hybridized carbons (Fsp3) is 0.0426. The van der Waals surface area contributed by atoms with E-state index in [1.54, 1.807) is 6.07 Å². The molecule has 2 heterocycles. The van der Waals surface area contributed by atoms with Gasteiger partial charge in [-0.2, -0.15) is 5.26 Å². The molecule has 0 fully saturated rings. The van der Waals surface area contributed by atoms with Gasteiger partial charge in [0.25, 0.3) is 11.8 Å². The van der Waals surface area contributed by atoms with Crippen molar-refractivity contribution in [1.82, 2.24) is 4.57 Å². The highest BCUT2D eigenvalue weighted by Crippen LogP contribution is 2.45. The zero-order chi connectivity index (χ0) is 35.8. The summed E-state index contributed by atoms with van der Waals surface area (Å²) < 4.78 is 2.10. The average Bonchev–Trinajstić information content (AvgIpc) is 3.68. The molecule has 0 bridgehead atoms. The highest BCUT2D eigenvalue weighted by atomic mass is 16.2. The van der Waals surface area contributed by atoms with Crippen LogP contribution < -0.4 is 4.90 Å². The number of benzene rings is 7. The summed E-state index contributed by atoms with van der Waals surface area (Å²) in [6.07, 6.45) is 0. The summed E-state index contributed by atoms with van der Waals surface area (Å²) in [5, 5.41) is 11.3. The van der Waals surface area contributed by atoms with Gasteiger partial charge in [0.1, 0.15) is 0 Å². The first-order valence-electron chi connectivity index (χ1n) is 17.4. The van der Waals surface area contributed by atoms with E-state index in [-0.39, 0.29) is 11.8 Å². The number of nitriles is 1. The van der Waals surface area contributed by atoms with Crippen molar-refractivity contribution in [3.05, 3.63) is 180 Å². The fourth-order valence-electron chi connectivity index (χ4n) is 7.29. The Kier molecular flexibility index (Phi) is 8.27. The Morgan fingerprint density at radius 2 is 1.04 bits per heavy atom. The van der Waals surface area contributed by atoms with Crippen LogP contribution in [-0.2, 0) is 0 Å². The molecule has 8 aromatic rings. The molecule has 0 saturated heterocycles. The summed E-state index contributed by atoms with van der Waals surface area (Å²) in [7, 11) is 0. The van der Waals surface area contributed by atoms with E-state index in [1.807, 2.05) is 147 Å². The van der Waals surface area contributed by atoms with E-state index in [1.165, 1.54) is 4.90 Å². The molecule has 248 valence electrons. The lowest BCUT2D eigenvalue weighted by atomic mass is 9.95. The highest BCUT2D eigenvalue weighted by Gasteiger charge is 2.41. The van der Waals surface area contributed by atoms with Crippen molar-refractivity contribution < 1.29 is 9.59 Å². The Balaban J connectivity index is 0.00000190. The smallest absolute Gasteiger partial charge is 0.268 e. The third-order valence-corrected chi connectivity index (χ3v) is 9.58. The first-order valence-corrected chi connectivity index (χ1v) is 17.4. The van der Waals surface area contributed by atoms with Gasteiger partial charge in [-0.25, -0.2) is 4.90 Å². The van der Waals surface area contributed by atoms with Crippen LogP contribution >= 0.6 is 0 Å². The van der Waals surface area contributed by atoms with E-state index in [2.05, 4.69) is 34.9 Å². The van der Waals surface area contributed by atoms with Crippen LogP contribution in [0.15, 0.2) is 164 Å². The highest BCUT2D eigenvalue weighted by molar-refractivity contribution is 6.37. The van der Waals surface area contributed by atoms with Crippen LogP contribution in [0.1, 0.15) is 40.1 Å². The predicted molar refractivity (Wildman–Crippen MR) is 211 cm³/mol. The first-order chi connectivity index (χ1) is 25.6. The van der Waals surface area contributed by atoms with E-state index < -0.39 is 0 Å². The molecule has 1 aliphatic heterocycles. The summed E-state index contributed by atoms with van der Waals surface area (Å²) in [6.45, 7) is 4.00. The molecule has 1 aromatic heterocycles. The Morgan fingerprint density at radius 3 is 1.69 bits per heavy atom. The van der Waals surface area contributed by atoms with Crippen LogP contribution in [0.25, 0.3) is 60.9 Å². The molecular weight excluding hydrogens is 639 g/mol. The molecular formula is C47H33N3O2. The number of hydrogen-bond acceptors (Lipinski definition) is 3. The normalized spacial score (nSPS) is 12.1. The quantitative estimate of drug-likeness (QED) is 0.171. The summed E-state index contributed by atoms with van der Waals surface area (Å²) in [5.74, 6) is -0.711.